The number of rotatable bonds is 12. The van der Waals surface area contributed by atoms with Crippen molar-refractivity contribution in [2.45, 2.75) is 70.3 Å². The third-order valence-electron chi connectivity index (χ3n) is 7.72. The molecule has 2 unspecified atom stereocenters. The van der Waals surface area contributed by atoms with Crippen LogP contribution in [0, 0.1) is 0 Å². The fourth-order valence-electron chi connectivity index (χ4n) is 5.58. The molecule has 49 heavy (non-hydrogen) atoms. The normalized spacial score (nSPS) is 15.1. The van der Waals surface area contributed by atoms with Crippen LogP contribution in [0.5, 0.6) is 0 Å². The second-order valence-corrected chi connectivity index (χ2v) is 11.6. The van der Waals surface area contributed by atoms with Crippen LogP contribution in [0.15, 0.2) is 83.9 Å². The molecule has 0 aromatic heterocycles. The summed E-state index contributed by atoms with van der Waals surface area (Å²) in [5.41, 5.74) is 14.0. The lowest BCUT2D eigenvalue weighted by Crippen LogP contribution is -2.46. The number of nitrogens with zero attached hydrogens (tertiary/aromatic N) is 3. The fraction of sp³-hybridized carbons (Fsp3) is 0.343. The zero-order chi connectivity index (χ0) is 36.3. The molecule has 0 radical (unpaired) electrons. The Balaban J connectivity index is 0.000000838. The number of carboxylic acid groups (broad SMARTS) is 2. The number of unbranched alkanes of at least 4 members (excludes halogenated alkanes) is 2. The second-order valence-electron chi connectivity index (χ2n) is 11.6. The van der Waals surface area contributed by atoms with Crippen LogP contribution in [0.25, 0.3) is 0 Å². The van der Waals surface area contributed by atoms with Crippen LogP contribution in [-0.4, -0.2) is 63.6 Å². The van der Waals surface area contributed by atoms with Gasteiger partial charge in [-0.1, -0.05) is 73.2 Å². The average molecular weight is 684 g/mol. The molecule has 3 aromatic carbocycles. The smallest absolute Gasteiger partial charge is 0.481 e. The Morgan fingerprint density at radius 1 is 0.898 bits per heavy atom. The molecular formula is C35H40F3N5O6. The van der Waals surface area contributed by atoms with Crippen molar-refractivity contribution < 1.29 is 42.6 Å². The third kappa shape index (κ3) is 10.3. The summed E-state index contributed by atoms with van der Waals surface area (Å²) in [4.78, 5) is 57.4. The Hall–Kier alpha value is -5.40. The number of hydrogen-bond acceptors (Lipinski definition) is 5. The Labute approximate surface area is 282 Å². The molecule has 262 valence electrons. The van der Waals surface area contributed by atoms with Crippen molar-refractivity contribution in [3.05, 3.63) is 101 Å². The molecule has 0 saturated carbocycles. The van der Waals surface area contributed by atoms with Gasteiger partial charge in [-0.2, -0.15) is 13.2 Å². The summed E-state index contributed by atoms with van der Waals surface area (Å²) < 4.78 is 31.7. The number of carboxylic acids is 2. The van der Waals surface area contributed by atoms with Gasteiger partial charge in [-0.25, -0.2) is 4.79 Å². The minimum atomic E-state index is -5.08. The standard InChI is InChI=1S/C33H39N5O4.C2HF3O2/c1-22(2)37-27-18-17-23(12-6-5-11-19-36-33(34)35)20-26(27)31(41)38(30(32(37)42)25-15-9-4-10-16-25)28(21-29(39)40)24-13-7-3-8-14-24;3-2(4,5)1(6)7/h3-4,7-10,13-18,20,22,28,30H,5-6,11-12,19,21H2,1-2H3,(H,39,40)(H4,34,35,36);(H,6,7). The van der Waals surface area contributed by atoms with Gasteiger partial charge in [0.1, 0.15) is 6.04 Å². The Morgan fingerprint density at radius 2 is 1.49 bits per heavy atom. The van der Waals surface area contributed by atoms with Crippen LogP contribution in [0.1, 0.15) is 78.7 Å². The number of aryl methyl sites for hydroxylation is 1. The van der Waals surface area contributed by atoms with Gasteiger partial charge < -0.3 is 31.5 Å². The van der Waals surface area contributed by atoms with Crippen molar-refractivity contribution in [3.8, 4) is 0 Å². The molecule has 0 aliphatic carbocycles. The number of anilines is 1. The fourth-order valence-corrected chi connectivity index (χ4v) is 5.58. The highest BCUT2D eigenvalue weighted by Gasteiger charge is 2.45. The summed E-state index contributed by atoms with van der Waals surface area (Å²) >= 11 is 0. The van der Waals surface area contributed by atoms with E-state index in [0.29, 0.717) is 28.9 Å². The number of nitrogens with two attached hydrogens (primary N) is 2. The molecule has 1 heterocycles. The van der Waals surface area contributed by atoms with Gasteiger partial charge in [0.15, 0.2) is 5.96 Å². The summed E-state index contributed by atoms with van der Waals surface area (Å²) in [6, 6.07) is 21.7. The quantitative estimate of drug-likeness (QED) is 0.110. The van der Waals surface area contributed by atoms with E-state index >= 15 is 0 Å². The van der Waals surface area contributed by atoms with E-state index in [1.54, 1.807) is 17.0 Å². The average Bonchev–Trinajstić information content (AvgIpc) is 3.13. The van der Waals surface area contributed by atoms with E-state index in [-0.39, 0.29) is 30.2 Å². The van der Waals surface area contributed by atoms with E-state index < -0.39 is 30.2 Å². The van der Waals surface area contributed by atoms with Crippen LogP contribution in [-0.2, 0) is 20.8 Å². The molecule has 4 rings (SSSR count). The van der Waals surface area contributed by atoms with E-state index in [2.05, 4.69) is 4.99 Å². The monoisotopic (exact) mass is 683 g/mol. The number of carbonyl (C=O) groups excluding carboxylic acids is 2. The summed E-state index contributed by atoms with van der Waals surface area (Å²) in [6.07, 6.45) is -2.06. The van der Waals surface area contributed by atoms with Crippen molar-refractivity contribution >= 4 is 35.4 Å². The molecule has 0 saturated heterocycles. The van der Waals surface area contributed by atoms with Crippen LogP contribution in [0.2, 0.25) is 0 Å². The number of halogens is 3. The van der Waals surface area contributed by atoms with Crippen LogP contribution >= 0.6 is 0 Å². The number of guanidine groups is 1. The minimum absolute atomic E-state index is 0.0820. The lowest BCUT2D eigenvalue weighted by molar-refractivity contribution is -0.192. The van der Waals surface area contributed by atoms with Gasteiger partial charge in [0.25, 0.3) is 11.8 Å². The molecule has 0 spiro atoms. The first-order valence-corrected chi connectivity index (χ1v) is 15.6. The first-order valence-electron chi connectivity index (χ1n) is 15.6. The number of benzene rings is 3. The van der Waals surface area contributed by atoms with Crippen LogP contribution < -0.4 is 16.4 Å². The van der Waals surface area contributed by atoms with Gasteiger partial charge in [0.05, 0.1) is 23.7 Å². The number of hydrogen-bond donors (Lipinski definition) is 4. The summed E-state index contributed by atoms with van der Waals surface area (Å²) in [7, 11) is 0. The number of aliphatic carboxylic acids is 2. The highest BCUT2D eigenvalue weighted by molar-refractivity contribution is 6.11. The number of alkyl halides is 3. The van der Waals surface area contributed by atoms with Crippen molar-refractivity contribution in [3.63, 3.8) is 0 Å². The van der Waals surface area contributed by atoms with Gasteiger partial charge in [0, 0.05) is 12.6 Å². The molecule has 14 heteroatoms. The summed E-state index contributed by atoms with van der Waals surface area (Å²) in [5, 5.41) is 17.1. The Kier molecular flexibility index (Phi) is 13.3. The van der Waals surface area contributed by atoms with Crippen LogP contribution in [0.4, 0.5) is 18.9 Å². The number of fused-ring (bicyclic) bond motifs is 1. The summed E-state index contributed by atoms with van der Waals surface area (Å²) in [5.74, 6) is -4.39. The highest BCUT2D eigenvalue weighted by Crippen LogP contribution is 2.42. The molecule has 1 aliphatic rings. The van der Waals surface area contributed by atoms with Crippen molar-refractivity contribution in [2.24, 2.45) is 16.5 Å². The number of carbonyl (C=O) groups is 4. The lowest BCUT2D eigenvalue weighted by Gasteiger charge is -2.37. The number of amides is 2. The van der Waals surface area contributed by atoms with Gasteiger partial charge in [-0.3, -0.25) is 19.4 Å². The van der Waals surface area contributed by atoms with Gasteiger partial charge in [0.2, 0.25) is 0 Å². The molecule has 11 nitrogen and oxygen atoms in total. The second kappa shape index (κ2) is 17.1. The Morgan fingerprint density at radius 3 is 2.02 bits per heavy atom. The van der Waals surface area contributed by atoms with Crippen molar-refractivity contribution in [1.29, 1.82) is 0 Å². The maximum absolute atomic E-state index is 14.7. The van der Waals surface area contributed by atoms with E-state index in [1.807, 2.05) is 80.6 Å². The molecule has 3 aromatic rings. The molecular weight excluding hydrogens is 643 g/mol. The predicted molar refractivity (Wildman–Crippen MR) is 178 cm³/mol. The van der Waals surface area contributed by atoms with Gasteiger partial charge in [-0.05, 0) is 61.9 Å². The maximum Gasteiger partial charge on any atom is 0.490 e. The molecule has 0 bridgehead atoms. The van der Waals surface area contributed by atoms with Crippen molar-refractivity contribution in [2.75, 3.05) is 11.4 Å². The van der Waals surface area contributed by atoms with Gasteiger partial charge in [-0.15, -0.1) is 0 Å². The largest absolute Gasteiger partial charge is 0.490 e. The maximum atomic E-state index is 14.7. The van der Waals surface area contributed by atoms with Gasteiger partial charge >= 0.3 is 18.1 Å². The van der Waals surface area contributed by atoms with Crippen LogP contribution in [0.3, 0.4) is 0 Å². The predicted octanol–water partition coefficient (Wildman–Crippen LogP) is 5.46. The molecule has 1 aliphatic heterocycles. The Bertz CT molecular complexity index is 1630. The first kappa shape index (κ1) is 38.1. The molecule has 2 atom stereocenters. The minimum Gasteiger partial charge on any atom is -0.481 e. The highest BCUT2D eigenvalue weighted by atomic mass is 19.4. The van der Waals surface area contributed by atoms with Crippen molar-refractivity contribution in [1.82, 2.24) is 4.90 Å². The molecule has 2 amide bonds. The molecule has 0 fully saturated rings. The number of aliphatic imine (C=N–C) groups is 1. The summed E-state index contributed by atoms with van der Waals surface area (Å²) in [6.45, 7) is 4.40. The van der Waals surface area contributed by atoms with E-state index in [4.69, 9.17) is 21.4 Å². The SMILES string of the molecule is CC(C)N1C(=O)C(c2ccccc2)N(C(CC(=O)O)c2ccccc2)C(=O)c2cc(CCCCCN=C(N)N)ccc21.O=C(O)C(F)(F)F. The first-order chi connectivity index (χ1) is 23.1. The lowest BCUT2D eigenvalue weighted by atomic mass is 9.95. The zero-order valence-electron chi connectivity index (χ0n) is 27.1. The topological polar surface area (TPSA) is 180 Å². The zero-order valence-corrected chi connectivity index (χ0v) is 27.1. The van der Waals surface area contributed by atoms with E-state index in [1.165, 1.54) is 4.90 Å². The molecule has 6 N–H and O–H groups in total. The third-order valence-corrected chi connectivity index (χ3v) is 7.72. The van der Waals surface area contributed by atoms with E-state index in [9.17, 15) is 32.7 Å². The van der Waals surface area contributed by atoms with E-state index in [0.717, 1.165) is 31.2 Å².